The van der Waals surface area contributed by atoms with Crippen LogP contribution in [0.2, 0.25) is 0 Å². The Kier molecular flexibility index (Phi) is 9.64. The highest BCUT2D eigenvalue weighted by molar-refractivity contribution is 7.65. The highest BCUT2D eigenvalue weighted by Crippen LogP contribution is 2.52. The first-order chi connectivity index (χ1) is 12.1. The van der Waals surface area contributed by atoms with Gasteiger partial charge in [0.2, 0.25) is 11.8 Å². The van der Waals surface area contributed by atoms with Gasteiger partial charge in [-0.15, -0.1) is 0 Å². The molecule has 1 saturated carbocycles. The van der Waals surface area contributed by atoms with Crippen LogP contribution in [0.1, 0.15) is 46.0 Å². The molecule has 0 heterocycles. The maximum atomic E-state index is 11.9. The van der Waals surface area contributed by atoms with Gasteiger partial charge in [0, 0.05) is 0 Å². The summed E-state index contributed by atoms with van der Waals surface area (Å²) >= 11 is 0. The van der Waals surface area contributed by atoms with Crippen molar-refractivity contribution < 1.29 is 24.2 Å². The van der Waals surface area contributed by atoms with Crippen LogP contribution in [0, 0.1) is 11.8 Å². The third kappa shape index (κ3) is 9.03. The molecule has 9 heteroatoms. The van der Waals surface area contributed by atoms with Gasteiger partial charge in [-0.2, -0.15) is 0 Å². The maximum Gasteiger partial charge on any atom is 0.275 e. The predicted octanol–water partition coefficient (Wildman–Crippen LogP) is 0.184. The molecule has 0 aromatic rings. The van der Waals surface area contributed by atoms with E-state index in [1.54, 1.807) is 13.8 Å². The van der Waals surface area contributed by atoms with Crippen molar-refractivity contribution in [3.8, 4) is 0 Å². The number of nitrogens with two attached hydrogens (primary N) is 1. The molecule has 1 aliphatic carbocycles. The van der Waals surface area contributed by atoms with Crippen LogP contribution < -0.4 is 16.4 Å². The number of hydrogen-bond acceptors (Lipinski definition) is 6. The standard InChI is InChI=1S/C17H32N3O5P/c1-12(2)16(18)17(23)20-9-15(22)19-8-14(21)11-26(24,25)10-13-6-4-3-5-7-13/h12-13,16,24-25H,3-11,18H2,1-2H3,(H-,19,20,22,23)/p+1/t16-/m0/s1. The summed E-state index contributed by atoms with van der Waals surface area (Å²) in [7, 11) is -3.27. The highest BCUT2D eigenvalue weighted by atomic mass is 31.2. The maximum absolute atomic E-state index is 11.9. The van der Waals surface area contributed by atoms with E-state index in [1.165, 1.54) is 6.42 Å². The van der Waals surface area contributed by atoms with Gasteiger partial charge >= 0.3 is 0 Å². The summed E-state index contributed by atoms with van der Waals surface area (Å²) in [5, 5.41) is 4.79. The van der Waals surface area contributed by atoms with E-state index in [2.05, 4.69) is 10.6 Å². The van der Waals surface area contributed by atoms with E-state index >= 15 is 0 Å². The number of amides is 2. The van der Waals surface area contributed by atoms with Gasteiger partial charge in [0.15, 0.2) is 11.9 Å². The molecule has 0 spiro atoms. The van der Waals surface area contributed by atoms with Gasteiger partial charge in [-0.05, 0) is 24.7 Å². The van der Waals surface area contributed by atoms with Crippen LogP contribution in [0.3, 0.4) is 0 Å². The van der Waals surface area contributed by atoms with Crippen molar-refractivity contribution in [2.75, 3.05) is 25.4 Å². The lowest BCUT2D eigenvalue weighted by Gasteiger charge is -2.23. The minimum absolute atomic E-state index is 0.0463. The van der Waals surface area contributed by atoms with E-state index in [0.717, 1.165) is 25.7 Å². The van der Waals surface area contributed by atoms with E-state index in [9.17, 15) is 24.2 Å². The first-order valence-corrected chi connectivity index (χ1v) is 11.3. The van der Waals surface area contributed by atoms with Crippen molar-refractivity contribution in [3.05, 3.63) is 0 Å². The fourth-order valence-electron chi connectivity index (χ4n) is 3.03. The number of carbonyl (C=O) groups is 3. The van der Waals surface area contributed by atoms with E-state index < -0.39 is 31.4 Å². The molecular formula is C17H33N3O5P+. The quantitative estimate of drug-likeness (QED) is 0.337. The summed E-state index contributed by atoms with van der Waals surface area (Å²) < 4.78 is 0. The van der Waals surface area contributed by atoms with Crippen molar-refractivity contribution in [2.24, 2.45) is 17.6 Å². The number of rotatable bonds is 10. The molecule has 1 fully saturated rings. The van der Waals surface area contributed by atoms with Gasteiger partial charge in [-0.25, -0.2) is 9.79 Å². The minimum atomic E-state index is -3.27. The Hall–Kier alpha value is -1.08. The smallest absolute Gasteiger partial charge is 0.275 e. The normalized spacial score (nSPS) is 17.0. The fraction of sp³-hybridized carbons (Fsp3) is 0.824. The average Bonchev–Trinajstić information content (AvgIpc) is 2.57. The summed E-state index contributed by atoms with van der Waals surface area (Å²) in [6.07, 6.45) is 5.31. The molecule has 1 rings (SSSR count). The van der Waals surface area contributed by atoms with Gasteiger partial charge < -0.3 is 16.4 Å². The second-order valence-corrected chi connectivity index (χ2v) is 9.97. The number of nitrogens with one attached hydrogen (secondary N) is 2. The number of ketones is 1. The molecule has 0 bridgehead atoms. The highest BCUT2D eigenvalue weighted by Gasteiger charge is 2.39. The zero-order valence-corrected chi connectivity index (χ0v) is 16.6. The van der Waals surface area contributed by atoms with Crippen molar-refractivity contribution >= 4 is 25.3 Å². The largest absolute Gasteiger partial charge is 0.347 e. The van der Waals surface area contributed by atoms with Crippen LogP contribution in [0.5, 0.6) is 0 Å². The third-order valence-electron chi connectivity index (χ3n) is 4.63. The lowest BCUT2D eigenvalue weighted by molar-refractivity contribution is -0.128. The first kappa shape index (κ1) is 23.0. The van der Waals surface area contributed by atoms with E-state index in [4.69, 9.17) is 5.73 Å². The van der Waals surface area contributed by atoms with Crippen molar-refractivity contribution in [1.82, 2.24) is 10.6 Å². The molecule has 26 heavy (non-hydrogen) atoms. The minimum Gasteiger partial charge on any atom is -0.347 e. The second kappa shape index (κ2) is 10.9. The van der Waals surface area contributed by atoms with E-state index in [0.29, 0.717) is 0 Å². The topological polar surface area (TPSA) is 142 Å². The second-order valence-electron chi connectivity index (χ2n) is 7.53. The van der Waals surface area contributed by atoms with Crippen LogP contribution in [0.4, 0.5) is 0 Å². The molecule has 0 unspecified atom stereocenters. The molecule has 0 aromatic heterocycles. The number of hydrogen-bond donors (Lipinski definition) is 5. The Morgan fingerprint density at radius 1 is 1.08 bits per heavy atom. The molecule has 1 aliphatic rings. The van der Waals surface area contributed by atoms with Crippen LogP contribution in [0.15, 0.2) is 0 Å². The van der Waals surface area contributed by atoms with Gasteiger partial charge in [-0.1, -0.05) is 33.1 Å². The van der Waals surface area contributed by atoms with Crippen molar-refractivity contribution in [1.29, 1.82) is 0 Å². The fourth-order valence-corrected chi connectivity index (χ4v) is 5.03. The van der Waals surface area contributed by atoms with Gasteiger partial charge in [-0.3, -0.25) is 14.4 Å². The zero-order valence-electron chi connectivity index (χ0n) is 15.7. The monoisotopic (exact) mass is 390 g/mol. The summed E-state index contributed by atoms with van der Waals surface area (Å²) in [5.41, 5.74) is 5.66. The molecular weight excluding hydrogens is 357 g/mol. The van der Waals surface area contributed by atoms with Crippen molar-refractivity contribution in [3.63, 3.8) is 0 Å². The molecule has 2 amide bonds. The molecule has 6 N–H and O–H groups in total. The van der Waals surface area contributed by atoms with Crippen LogP contribution in [-0.2, 0) is 14.4 Å². The molecule has 8 nitrogen and oxygen atoms in total. The lowest BCUT2D eigenvalue weighted by Crippen LogP contribution is -2.47. The Morgan fingerprint density at radius 3 is 2.27 bits per heavy atom. The summed E-state index contributed by atoms with van der Waals surface area (Å²) in [6.45, 7) is 3.05. The summed E-state index contributed by atoms with van der Waals surface area (Å²) in [5.74, 6) is -1.14. The van der Waals surface area contributed by atoms with E-state index in [1.807, 2.05) is 0 Å². The van der Waals surface area contributed by atoms with Gasteiger partial charge in [0.1, 0.15) is 6.16 Å². The third-order valence-corrected chi connectivity index (χ3v) is 6.59. The average molecular weight is 390 g/mol. The number of carbonyl (C=O) groups excluding carboxylic acids is 3. The van der Waals surface area contributed by atoms with Gasteiger partial charge in [0.25, 0.3) is 7.72 Å². The first-order valence-electron chi connectivity index (χ1n) is 9.25. The molecule has 1 atom stereocenters. The van der Waals surface area contributed by atoms with Gasteiger partial charge in [0.05, 0.1) is 19.1 Å². The Morgan fingerprint density at radius 2 is 1.69 bits per heavy atom. The Balaban J connectivity index is 2.27. The van der Waals surface area contributed by atoms with Crippen LogP contribution in [-0.4, -0.2) is 58.8 Å². The predicted molar refractivity (Wildman–Crippen MR) is 102 cm³/mol. The lowest BCUT2D eigenvalue weighted by atomic mass is 9.91. The number of Topliss-reactive ketones (excluding diaryl/α,β-unsaturated/α-hetero) is 1. The van der Waals surface area contributed by atoms with Crippen LogP contribution in [0.25, 0.3) is 0 Å². The molecule has 0 saturated heterocycles. The molecule has 0 aromatic carbocycles. The Labute approximate surface area is 155 Å². The molecule has 0 radical (unpaired) electrons. The summed E-state index contributed by atoms with van der Waals surface area (Å²) in [4.78, 5) is 55.6. The molecule has 150 valence electrons. The zero-order chi connectivity index (χ0) is 19.7. The van der Waals surface area contributed by atoms with Crippen molar-refractivity contribution in [2.45, 2.75) is 52.0 Å². The SMILES string of the molecule is CC(C)[C@H](N)C(=O)NCC(=O)NCC(=O)C[P+](O)(O)CC1CCCCC1. The van der Waals surface area contributed by atoms with E-state index in [-0.39, 0.29) is 37.2 Å². The molecule has 0 aliphatic heterocycles. The van der Waals surface area contributed by atoms with Crippen LogP contribution >= 0.6 is 7.72 Å². The Bertz CT molecular complexity index is 493. The summed E-state index contributed by atoms with van der Waals surface area (Å²) in [6, 6.07) is -0.696.